The van der Waals surface area contributed by atoms with E-state index < -0.39 is 0 Å². The molecule has 2 rings (SSSR count). The minimum absolute atomic E-state index is 0.653. The topological polar surface area (TPSA) is 59.1 Å². The number of hydrogen-bond acceptors (Lipinski definition) is 5. The van der Waals surface area contributed by atoms with Gasteiger partial charge in [-0.3, -0.25) is 0 Å². The predicted octanol–water partition coefficient (Wildman–Crippen LogP) is 3.74. The number of rotatable bonds is 10. The van der Waals surface area contributed by atoms with Crippen molar-refractivity contribution in [2.45, 2.75) is 32.6 Å². The van der Waals surface area contributed by atoms with Crippen LogP contribution in [0.2, 0.25) is 0 Å². The Kier molecular flexibility index (Phi) is 7.17. The van der Waals surface area contributed by atoms with Crippen LogP contribution in [0.15, 0.2) is 36.5 Å². The van der Waals surface area contributed by atoms with Crippen LogP contribution in [0.3, 0.4) is 0 Å². The molecule has 1 aromatic heterocycles. The number of hydrogen-bond donors (Lipinski definition) is 2. The molecule has 0 aliphatic heterocycles. The molecule has 2 aromatic rings. The van der Waals surface area contributed by atoms with Crippen LogP contribution in [0.25, 0.3) is 0 Å². The van der Waals surface area contributed by atoms with Gasteiger partial charge in [0.2, 0.25) is 5.95 Å². The summed E-state index contributed by atoms with van der Waals surface area (Å²) in [5.74, 6) is 2.44. The largest absolute Gasteiger partial charge is 0.496 e. The lowest BCUT2D eigenvalue weighted by atomic mass is 10.1. The molecule has 0 saturated carbocycles. The fourth-order valence-corrected chi connectivity index (χ4v) is 2.35. The van der Waals surface area contributed by atoms with Crippen molar-refractivity contribution in [3.05, 3.63) is 42.1 Å². The summed E-state index contributed by atoms with van der Waals surface area (Å²) in [7, 11) is 1.70. The minimum Gasteiger partial charge on any atom is -0.496 e. The third kappa shape index (κ3) is 5.77. The molecule has 0 saturated heterocycles. The normalized spacial score (nSPS) is 10.3. The lowest BCUT2D eigenvalue weighted by Crippen LogP contribution is -2.10. The van der Waals surface area contributed by atoms with Crippen LogP contribution in [-0.2, 0) is 6.42 Å². The van der Waals surface area contributed by atoms with Crippen LogP contribution in [0.1, 0.15) is 31.7 Å². The molecule has 0 aliphatic carbocycles. The molecule has 0 spiro atoms. The standard InChI is InChI=1S/C18H26N4O/c1-3-4-7-12-19-17-11-14-21-18(22-17)20-13-10-15-8-5-6-9-16(15)23-2/h5-6,8-9,11,14H,3-4,7,10,12-13H2,1-2H3,(H2,19,20,21,22). The van der Waals surface area contributed by atoms with E-state index in [1.165, 1.54) is 18.4 Å². The summed E-state index contributed by atoms with van der Waals surface area (Å²) in [6, 6.07) is 9.96. The van der Waals surface area contributed by atoms with Gasteiger partial charge in [0.25, 0.3) is 0 Å². The monoisotopic (exact) mass is 314 g/mol. The van der Waals surface area contributed by atoms with Crippen molar-refractivity contribution in [3.63, 3.8) is 0 Å². The maximum atomic E-state index is 5.36. The number of unbranched alkanes of at least 4 members (excludes halogenated alkanes) is 2. The summed E-state index contributed by atoms with van der Waals surface area (Å²) >= 11 is 0. The van der Waals surface area contributed by atoms with Crippen molar-refractivity contribution in [3.8, 4) is 5.75 Å². The second-order valence-corrected chi connectivity index (χ2v) is 5.39. The molecule has 1 heterocycles. The molecule has 0 bridgehead atoms. The van der Waals surface area contributed by atoms with E-state index in [1.54, 1.807) is 13.3 Å². The summed E-state index contributed by atoms with van der Waals surface area (Å²) in [4.78, 5) is 8.74. The van der Waals surface area contributed by atoms with E-state index in [4.69, 9.17) is 4.74 Å². The summed E-state index contributed by atoms with van der Waals surface area (Å²) in [6.07, 6.45) is 6.27. The molecule has 23 heavy (non-hydrogen) atoms. The van der Waals surface area contributed by atoms with E-state index in [0.717, 1.165) is 37.5 Å². The first-order valence-electron chi connectivity index (χ1n) is 8.26. The van der Waals surface area contributed by atoms with E-state index in [-0.39, 0.29) is 0 Å². The Morgan fingerprint density at radius 1 is 1.04 bits per heavy atom. The van der Waals surface area contributed by atoms with Crippen molar-refractivity contribution in [2.24, 2.45) is 0 Å². The Hall–Kier alpha value is -2.30. The van der Waals surface area contributed by atoms with Crippen LogP contribution < -0.4 is 15.4 Å². The molecular weight excluding hydrogens is 288 g/mol. The number of para-hydroxylation sites is 1. The molecule has 0 unspecified atom stereocenters. The van der Waals surface area contributed by atoms with Crippen molar-refractivity contribution in [1.29, 1.82) is 0 Å². The van der Waals surface area contributed by atoms with E-state index >= 15 is 0 Å². The second kappa shape index (κ2) is 9.66. The average molecular weight is 314 g/mol. The number of anilines is 2. The molecular formula is C18H26N4O. The van der Waals surface area contributed by atoms with Crippen LogP contribution in [0.5, 0.6) is 5.75 Å². The number of aromatic nitrogens is 2. The molecule has 1 aromatic carbocycles. The van der Waals surface area contributed by atoms with Crippen molar-refractivity contribution in [2.75, 3.05) is 30.8 Å². The van der Waals surface area contributed by atoms with Crippen molar-refractivity contribution in [1.82, 2.24) is 9.97 Å². The van der Waals surface area contributed by atoms with Crippen LogP contribution >= 0.6 is 0 Å². The summed E-state index contributed by atoms with van der Waals surface area (Å²) in [6.45, 7) is 3.92. The van der Waals surface area contributed by atoms with Crippen LogP contribution in [0.4, 0.5) is 11.8 Å². The predicted molar refractivity (Wildman–Crippen MR) is 95.2 cm³/mol. The van der Waals surface area contributed by atoms with Gasteiger partial charge in [-0.1, -0.05) is 38.0 Å². The number of nitrogens with one attached hydrogen (secondary N) is 2. The van der Waals surface area contributed by atoms with Gasteiger partial charge in [0.15, 0.2) is 0 Å². The van der Waals surface area contributed by atoms with Crippen LogP contribution in [0, 0.1) is 0 Å². The summed E-state index contributed by atoms with van der Waals surface area (Å²) < 4.78 is 5.36. The Morgan fingerprint density at radius 3 is 2.74 bits per heavy atom. The Labute approximate surface area is 138 Å². The number of methoxy groups -OCH3 is 1. The smallest absolute Gasteiger partial charge is 0.224 e. The van der Waals surface area contributed by atoms with Gasteiger partial charge in [0, 0.05) is 19.3 Å². The number of ether oxygens (including phenoxy) is 1. The van der Waals surface area contributed by atoms with Crippen molar-refractivity contribution >= 4 is 11.8 Å². The first-order valence-corrected chi connectivity index (χ1v) is 8.26. The maximum Gasteiger partial charge on any atom is 0.224 e. The SMILES string of the molecule is CCCCCNc1ccnc(NCCc2ccccc2OC)n1. The van der Waals surface area contributed by atoms with E-state index in [0.29, 0.717) is 5.95 Å². The Morgan fingerprint density at radius 2 is 1.91 bits per heavy atom. The zero-order valence-electron chi connectivity index (χ0n) is 14.0. The molecule has 0 amide bonds. The molecule has 0 radical (unpaired) electrons. The highest BCUT2D eigenvalue weighted by Crippen LogP contribution is 2.17. The first-order chi connectivity index (χ1) is 11.3. The van der Waals surface area contributed by atoms with Gasteiger partial charge in [-0.05, 0) is 30.5 Å². The van der Waals surface area contributed by atoms with Gasteiger partial charge < -0.3 is 15.4 Å². The summed E-state index contributed by atoms with van der Waals surface area (Å²) in [5, 5.41) is 6.60. The third-order valence-corrected chi connectivity index (χ3v) is 3.61. The number of nitrogens with zero attached hydrogens (tertiary/aromatic N) is 2. The fourth-order valence-electron chi connectivity index (χ4n) is 2.35. The van der Waals surface area contributed by atoms with Crippen molar-refractivity contribution < 1.29 is 4.74 Å². The van der Waals surface area contributed by atoms with Gasteiger partial charge in [-0.2, -0.15) is 4.98 Å². The van der Waals surface area contributed by atoms with E-state index in [1.807, 2.05) is 24.3 Å². The third-order valence-electron chi connectivity index (χ3n) is 3.61. The molecule has 124 valence electrons. The zero-order valence-corrected chi connectivity index (χ0v) is 14.0. The second-order valence-electron chi connectivity index (χ2n) is 5.39. The lowest BCUT2D eigenvalue weighted by molar-refractivity contribution is 0.410. The molecule has 2 N–H and O–H groups in total. The highest BCUT2D eigenvalue weighted by molar-refractivity contribution is 5.40. The average Bonchev–Trinajstić information content (AvgIpc) is 2.60. The molecule has 5 nitrogen and oxygen atoms in total. The minimum atomic E-state index is 0.653. The molecule has 0 aliphatic rings. The Bertz CT molecular complexity index is 589. The highest BCUT2D eigenvalue weighted by Gasteiger charge is 2.02. The first kappa shape index (κ1) is 17.1. The quantitative estimate of drug-likeness (QED) is 0.654. The highest BCUT2D eigenvalue weighted by atomic mass is 16.5. The molecule has 0 fully saturated rings. The Balaban J connectivity index is 1.81. The van der Waals surface area contributed by atoms with Gasteiger partial charge >= 0.3 is 0 Å². The van der Waals surface area contributed by atoms with Gasteiger partial charge in [-0.15, -0.1) is 0 Å². The van der Waals surface area contributed by atoms with Crippen LogP contribution in [-0.4, -0.2) is 30.2 Å². The van der Waals surface area contributed by atoms with Gasteiger partial charge in [-0.25, -0.2) is 4.98 Å². The molecule has 0 atom stereocenters. The fraction of sp³-hybridized carbons (Fsp3) is 0.444. The maximum absolute atomic E-state index is 5.36. The zero-order chi connectivity index (χ0) is 16.3. The van der Waals surface area contributed by atoms with Gasteiger partial charge in [0.05, 0.1) is 7.11 Å². The van der Waals surface area contributed by atoms with E-state index in [9.17, 15) is 0 Å². The number of benzene rings is 1. The lowest BCUT2D eigenvalue weighted by Gasteiger charge is -2.10. The van der Waals surface area contributed by atoms with Gasteiger partial charge in [0.1, 0.15) is 11.6 Å². The molecule has 5 heteroatoms. The summed E-state index contributed by atoms with van der Waals surface area (Å²) in [5.41, 5.74) is 1.18. The van der Waals surface area contributed by atoms with E-state index in [2.05, 4.69) is 33.6 Å².